The summed E-state index contributed by atoms with van der Waals surface area (Å²) in [6, 6.07) is -3.70. The molecule has 83 heavy (non-hydrogen) atoms. The zero-order valence-corrected chi connectivity index (χ0v) is 49.4. The highest BCUT2D eigenvalue weighted by Crippen LogP contribution is 2.35. The van der Waals surface area contributed by atoms with Gasteiger partial charge in [-0.15, -0.1) is 0 Å². The van der Waals surface area contributed by atoms with Gasteiger partial charge < -0.3 is 84.0 Å². The van der Waals surface area contributed by atoms with Gasteiger partial charge in [-0.3, -0.25) is 27.6 Å². The predicted molar refractivity (Wildman–Crippen MR) is 262 cm³/mol. The molecule has 4 aliphatic rings. The van der Waals surface area contributed by atoms with Gasteiger partial charge in [0.1, 0.15) is 73.1 Å². The number of carboxylic acids is 1. The van der Waals surface area contributed by atoms with Crippen LogP contribution in [0.1, 0.15) is 27.7 Å². The van der Waals surface area contributed by atoms with E-state index < -0.39 is 216 Å². The van der Waals surface area contributed by atoms with Crippen LogP contribution in [0.25, 0.3) is 0 Å². The van der Waals surface area contributed by atoms with Crippen molar-refractivity contribution >= 4 is 73.8 Å². The summed E-state index contributed by atoms with van der Waals surface area (Å²) in [6.45, 7) is 4.81. The average Bonchev–Trinajstić information content (AvgIpc) is 3.53. The molecule has 4 heterocycles. The van der Waals surface area contributed by atoms with Crippen LogP contribution in [0.15, 0.2) is 0 Å². The van der Waals surface area contributed by atoms with Crippen molar-refractivity contribution in [2.45, 2.75) is 162 Å². The lowest BCUT2D eigenvalue weighted by atomic mass is 9.95. The molecule has 0 aromatic heterocycles. The minimum Gasteiger partial charge on any atom is -0.479 e. The van der Waals surface area contributed by atoms with Crippen molar-refractivity contribution < 1.29 is 172 Å². The molecule has 492 valence electrons. The summed E-state index contributed by atoms with van der Waals surface area (Å²) in [5, 5.41) is 55.2. The minimum atomic E-state index is -5.40. The molecule has 0 radical (unpaired) electrons. The first-order chi connectivity index (χ1) is 37.7. The molecule has 4 rings (SSSR count). The highest BCUT2D eigenvalue weighted by atomic mass is 32.3. The summed E-state index contributed by atoms with van der Waals surface area (Å²) in [5.41, 5.74) is 5.11. The number of aliphatic carboxylic acids is 1. The minimum absolute atomic E-state index is 0.333. The van der Waals surface area contributed by atoms with Gasteiger partial charge in [0.2, 0.25) is 10.0 Å². The first kappa shape index (κ1) is 76.7. The highest BCUT2D eigenvalue weighted by molar-refractivity contribution is 7.88. The monoisotopic (exact) mass is 1340 g/mol. The van der Waals surface area contributed by atoms with E-state index in [4.69, 9.17) is 71.3 Å². The van der Waals surface area contributed by atoms with Crippen LogP contribution >= 0.6 is 0 Å². The van der Waals surface area contributed by atoms with E-state index in [-0.39, 0.29) is 0 Å². The average molecular weight is 1350 g/mol. The van der Waals surface area contributed by atoms with Gasteiger partial charge in [-0.25, -0.2) is 34.7 Å². The number of carbonyl (C=O) groups is 2. The molecule has 0 aromatic carbocycles. The topological polar surface area (TPSA) is 633 Å². The van der Waals surface area contributed by atoms with E-state index in [1.54, 1.807) is 13.8 Å². The Morgan fingerprint density at radius 2 is 0.855 bits per heavy atom. The Morgan fingerprint density at radius 1 is 0.506 bits per heavy atom. The number of aliphatic hydroxyl groups excluding tert-OH is 4. The number of nitrogens with two attached hydrogens (primary N) is 1. The number of amides is 1. The molecule has 48 heteroatoms. The zero-order chi connectivity index (χ0) is 64.3. The maximum atomic E-state index is 12.8. The molecule has 4 fully saturated rings. The number of hydrogen-bond acceptors (Lipinski definition) is 33. The molecular weight excluding hydrogens is 1280 g/mol. The van der Waals surface area contributed by atoms with Gasteiger partial charge in [-0.2, -0.15) is 46.8 Å². The molecule has 4 saturated heterocycles. The lowest BCUT2D eigenvalue weighted by Crippen LogP contribution is -2.68. The maximum absolute atomic E-state index is 12.8. The number of carbonyl (C=O) groups excluding carboxylic acids is 1. The van der Waals surface area contributed by atoms with Crippen LogP contribution < -0.4 is 20.5 Å². The van der Waals surface area contributed by atoms with Crippen molar-refractivity contribution in [2.24, 2.45) is 5.73 Å². The van der Waals surface area contributed by atoms with Crippen molar-refractivity contribution in [2.75, 3.05) is 47.9 Å². The number of nitrogens with one attached hydrogen (secondary N) is 3. The summed E-state index contributed by atoms with van der Waals surface area (Å²) in [4.78, 5) is 24.5. The van der Waals surface area contributed by atoms with Gasteiger partial charge in [0.05, 0.1) is 19.5 Å². The van der Waals surface area contributed by atoms with Crippen molar-refractivity contribution in [1.29, 1.82) is 0 Å². The molecule has 0 spiro atoms. The summed E-state index contributed by atoms with van der Waals surface area (Å²) in [5.74, 6) is -2.64. The molecule has 1 amide bonds. The van der Waals surface area contributed by atoms with Crippen LogP contribution in [0.3, 0.4) is 0 Å². The maximum Gasteiger partial charge on any atom is 0.397 e. The third kappa shape index (κ3) is 25.3. The molecule has 0 aliphatic carbocycles. The van der Waals surface area contributed by atoms with Crippen LogP contribution in [0, 0.1) is 0 Å². The van der Waals surface area contributed by atoms with Gasteiger partial charge in [-0.05, 0) is 19.9 Å². The second-order valence-electron chi connectivity index (χ2n) is 18.2. The third-order valence-electron chi connectivity index (χ3n) is 10.8. The van der Waals surface area contributed by atoms with Gasteiger partial charge in [0.25, 0.3) is 5.91 Å². The summed E-state index contributed by atoms with van der Waals surface area (Å²) in [6.07, 6.45) is -35.0. The van der Waals surface area contributed by atoms with Crippen molar-refractivity contribution in [3.05, 3.63) is 0 Å². The van der Waals surface area contributed by atoms with Crippen molar-refractivity contribution in [3.63, 3.8) is 0 Å². The number of sulfonamides is 1. The molecule has 4 aliphatic heterocycles. The second kappa shape index (κ2) is 31.7. The Bertz CT molecular complexity index is 2770. The van der Waals surface area contributed by atoms with E-state index in [2.05, 4.69) is 22.0 Å². The quantitative estimate of drug-likeness (QED) is 0.0378. The Balaban J connectivity index is 0.000000533. The van der Waals surface area contributed by atoms with Crippen LogP contribution in [0.5, 0.6) is 0 Å². The molecule has 15 N–H and O–H groups in total. The molecule has 0 saturated carbocycles. The third-order valence-corrected chi connectivity index (χ3v) is 13.8. The Morgan fingerprint density at radius 3 is 1.14 bits per heavy atom. The number of rotatable bonds is 25. The fourth-order valence-electron chi connectivity index (χ4n) is 7.79. The number of carboxylic acid groups (broad SMARTS) is 1. The van der Waals surface area contributed by atoms with Crippen LogP contribution in [0.2, 0.25) is 0 Å². The van der Waals surface area contributed by atoms with Crippen LogP contribution in [-0.2, 0) is 136 Å². The highest BCUT2D eigenvalue weighted by Gasteiger charge is 2.57. The predicted octanol–water partition coefficient (Wildman–Crippen LogP) is -8.93. The van der Waals surface area contributed by atoms with Gasteiger partial charge in [0, 0.05) is 34.5 Å². The van der Waals surface area contributed by atoms with E-state index in [1.807, 2.05) is 18.6 Å². The number of methoxy groups -OCH3 is 4. The summed E-state index contributed by atoms with van der Waals surface area (Å²) in [7, 11) is -26.2. The molecule has 42 nitrogen and oxygen atoms in total. The SMILES string of the molecule is CC(C)N.CO[C@@H]1C(C(=O)NC(C)C)O[C@@H](O[C@H]2C(COS(=O)(=O)O)O[C@H](OC)[C@@H](NS(C)(=O)=O)C2O)[C@@H](OS(=O)(=O)O)C1O.CO[C@@H]1C(C(=O)O)O[C@@H](O[C@H]2C(COS(=O)(=O)O)O[C@H](OC)[C@@H](NS(=O)(=O)O)C2O)[C@@H](OS(=O)(=O)O)C1O. The summed E-state index contributed by atoms with van der Waals surface area (Å²) < 4.78 is 256. The molecule has 0 bridgehead atoms. The number of ether oxygens (including phenoxy) is 10. The van der Waals surface area contributed by atoms with Crippen LogP contribution in [0.4, 0.5) is 0 Å². The molecule has 20 atom stereocenters. The Kier molecular flexibility index (Phi) is 29.3. The number of hydrogen-bond donors (Lipinski definition) is 14. The van der Waals surface area contributed by atoms with Gasteiger partial charge in [-0.1, -0.05) is 13.8 Å². The first-order valence-corrected chi connectivity index (χ1v) is 31.8. The van der Waals surface area contributed by atoms with Crippen molar-refractivity contribution in [1.82, 2.24) is 14.8 Å². The standard InChI is InChI=1S/C18H34N2O18S3.C14H25NO20S3.C3H9N/c1-7(2)19-16(23)15-13(32-3)11(22)14(38-41(29,30)31)18(37-15)36-12-8(6-34-40(26,27)28)35-17(33-4)9(10(12)21)20-39(5,24)25;1-29-9-7(17)10(35-38(26,27)28)14(34-11(9)12(18)19)33-8-4(3-31-37(23,24)25)32-13(30-2)5(6(8)16)15-36(20,21)22;1-3(2)4/h7-15,17-18,20-22H,6H2,1-5H3,(H,19,23)(H,26,27,28)(H,29,30,31);4-11,13-17H,3H2,1-2H3,(H,18,19)(H,20,21,22)(H,23,24,25)(H,26,27,28);3H,4H2,1-2H3/t8?,9-,10?,11?,12-,13-,14-,15?,17-,18+;4?,5-,6?,7?,8-,9-,10-,11?,13-,14+;/m00./s1. The lowest BCUT2D eigenvalue weighted by molar-refractivity contribution is -0.339. The zero-order valence-electron chi connectivity index (χ0n) is 44.5. The fourth-order valence-corrected chi connectivity index (χ4v) is 10.7. The van der Waals surface area contributed by atoms with Crippen LogP contribution in [-0.4, -0.2) is 293 Å². The molecule has 0 aromatic rings. The molecule has 8 unspecified atom stereocenters. The smallest absolute Gasteiger partial charge is 0.397 e. The van der Waals surface area contributed by atoms with E-state index in [1.165, 1.54) is 4.72 Å². The van der Waals surface area contributed by atoms with E-state index >= 15 is 0 Å². The Hall–Kier alpha value is -2.40. The molecular formula is C35H68N4O38S6. The number of aliphatic hydroxyl groups is 4. The lowest BCUT2D eigenvalue weighted by Gasteiger charge is -2.47. The van der Waals surface area contributed by atoms with E-state index in [0.29, 0.717) is 6.04 Å². The van der Waals surface area contributed by atoms with Crippen molar-refractivity contribution in [3.8, 4) is 0 Å². The van der Waals surface area contributed by atoms with Gasteiger partial charge in [0.15, 0.2) is 49.6 Å². The second-order valence-corrected chi connectivity index (χ2v) is 25.4. The largest absolute Gasteiger partial charge is 0.479 e. The summed E-state index contributed by atoms with van der Waals surface area (Å²) >= 11 is 0. The normalized spacial score (nSPS) is 34.9. The first-order valence-electron chi connectivity index (χ1n) is 23.0. The Labute approximate surface area is 475 Å². The van der Waals surface area contributed by atoms with E-state index in [0.717, 1.165) is 34.7 Å². The fraction of sp³-hybridized carbons (Fsp3) is 0.943. The van der Waals surface area contributed by atoms with E-state index in [9.17, 15) is 90.2 Å². The van der Waals surface area contributed by atoms with Gasteiger partial charge >= 0.3 is 57.9 Å².